The van der Waals surface area contributed by atoms with Crippen LogP contribution in [0.15, 0.2) is 156 Å². The summed E-state index contributed by atoms with van der Waals surface area (Å²) in [6.45, 7) is 0. The van der Waals surface area contributed by atoms with Gasteiger partial charge in [-0.1, -0.05) is 127 Å². The van der Waals surface area contributed by atoms with Crippen molar-refractivity contribution in [3.05, 3.63) is 151 Å². The molecule has 0 bridgehead atoms. The molecule has 0 aliphatic heterocycles. The van der Waals surface area contributed by atoms with E-state index in [-0.39, 0.29) is 61.8 Å². The fourth-order valence-corrected chi connectivity index (χ4v) is 7.39. The van der Waals surface area contributed by atoms with Gasteiger partial charge in [-0.2, -0.15) is 0 Å². The minimum atomic E-state index is -0.550. The van der Waals surface area contributed by atoms with Crippen molar-refractivity contribution >= 4 is 64.2 Å². The monoisotopic (exact) mass is 640 g/mol. The van der Waals surface area contributed by atoms with E-state index in [0.717, 1.165) is 31.3 Å². The van der Waals surface area contributed by atoms with E-state index in [1.807, 2.05) is 66.7 Å². The topological polar surface area (TPSA) is 51.8 Å². The normalized spacial score (nSPS) is 14.4. The van der Waals surface area contributed by atoms with Gasteiger partial charge in [0.15, 0.2) is 17.5 Å². The van der Waals surface area contributed by atoms with Gasteiger partial charge in [-0.25, -0.2) is 15.0 Å². The second kappa shape index (κ2) is 10.7. The Balaban J connectivity index is 1.28. The molecule has 0 N–H and O–H groups in total. The van der Waals surface area contributed by atoms with E-state index in [0.29, 0.717) is 11.1 Å². The van der Waals surface area contributed by atoms with Gasteiger partial charge >= 0.3 is 0 Å². The molecule has 48 heavy (non-hydrogen) atoms. The fraction of sp³-hybridized carbons (Fsp3) is 0. The molecule has 0 fully saturated rings. The summed E-state index contributed by atoms with van der Waals surface area (Å²) in [7, 11) is 0. The average Bonchev–Trinajstić information content (AvgIpc) is 3.83. The van der Waals surface area contributed by atoms with Crippen molar-refractivity contribution in [1.29, 1.82) is 0 Å². The molecule has 0 atom stereocenters. The third kappa shape index (κ3) is 4.33. The first-order chi connectivity index (χ1) is 27.5. The van der Waals surface area contributed by atoms with E-state index in [1.54, 1.807) is 11.3 Å². The lowest BCUT2D eigenvalue weighted by molar-refractivity contribution is 0.672. The van der Waals surface area contributed by atoms with Crippen molar-refractivity contribution in [3.8, 4) is 45.3 Å². The summed E-state index contributed by atoms with van der Waals surface area (Å²) in [5.74, 6) is 0.461. The second-order valence-electron chi connectivity index (χ2n) is 11.3. The number of rotatable bonds is 4. The van der Waals surface area contributed by atoms with Gasteiger partial charge in [0.1, 0.15) is 11.2 Å². The molecule has 10 rings (SSSR count). The maximum Gasteiger partial charge on any atom is 0.164 e. The van der Waals surface area contributed by atoms with Gasteiger partial charge in [-0.05, 0) is 40.7 Å². The summed E-state index contributed by atoms with van der Waals surface area (Å²) in [4.78, 5) is 14.7. The molecule has 0 saturated carbocycles. The first-order valence-corrected chi connectivity index (χ1v) is 16.0. The number of aromatic nitrogens is 3. The number of benzene rings is 7. The molecule has 0 radical (unpaired) electrons. The Morgan fingerprint density at radius 2 is 1.06 bits per heavy atom. The molecular formula is C43H25N3OS. The molecule has 4 nitrogen and oxygen atoms in total. The van der Waals surface area contributed by atoms with Crippen LogP contribution >= 0.6 is 11.3 Å². The van der Waals surface area contributed by atoms with Crippen LogP contribution in [-0.2, 0) is 0 Å². The number of hydrogen-bond donors (Lipinski definition) is 0. The van der Waals surface area contributed by atoms with Crippen LogP contribution in [0.25, 0.3) is 98.2 Å². The van der Waals surface area contributed by atoms with Gasteiger partial charge in [0.25, 0.3) is 0 Å². The molecule has 0 unspecified atom stereocenters. The van der Waals surface area contributed by atoms with Gasteiger partial charge in [0.05, 0.1) is 12.3 Å². The number of furan rings is 1. The molecule has 224 valence electrons. The highest BCUT2D eigenvalue weighted by atomic mass is 32.1. The highest BCUT2D eigenvalue weighted by Crippen LogP contribution is 2.41. The number of thiophene rings is 1. The van der Waals surface area contributed by atoms with E-state index in [1.165, 1.54) is 0 Å². The van der Waals surface area contributed by atoms with Crippen LogP contribution in [-0.4, -0.2) is 15.0 Å². The molecule has 0 aliphatic carbocycles. The van der Waals surface area contributed by atoms with Crippen LogP contribution in [0.5, 0.6) is 0 Å². The maximum absolute atomic E-state index is 9.68. The molecular weight excluding hydrogens is 607 g/mol. The van der Waals surface area contributed by atoms with E-state index >= 15 is 0 Å². The first-order valence-electron chi connectivity index (χ1n) is 19.7. The van der Waals surface area contributed by atoms with Crippen molar-refractivity contribution in [2.75, 3.05) is 0 Å². The highest BCUT2D eigenvalue weighted by molar-refractivity contribution is 7.25. The first kappa shape index (κ1) is 19.5. The number of para-hydroxylation sites is 1. The third-order valence-electron chi connectivity index (χ3n) is 8.48. The van der Waals surface area contributed by atoms with Crippen LogP contribution in [0, 0.1) is 0 Å². The second-order valence-corrected chi connectivity index (χ2v) is 12.4. The molecule has 0 aliphatic rings. The van der Waals surface area contributed by atoms with Crippen molar-refractivity contribution in [1.82, 2.24) is 15.0 Å². The lowest BCUT2D eigenvalue weighted by atomic mass is 9.99. The number of fused-ring (bicyclic) bond motifs is 8. The van der Waals surface area contributed by atoms with E-state index in [9.17, 15) is 1.37 Å². The smallest absolute Gasteiger partial charge is 0.164 e. The van der Waals surface area contributed by atoms with E-state index in [4.69, 9.17) is 30.3 Å². The Bertz CT molecular complexity index is 3350. The van der Waals surface area contributed by atoms with Gasteiger partial charge in [0.2, 0.25) is 0 Å². The largest absolute Gasteiger partial charge is 0.455 e. The van der Waals surface area contributed by atoms with Crippen LogP contribution in [0.4, 0.5) is 0 Å². The maximum atomic E-state index is 9.68. The van der Waals surface area contributed by atoms with Gasteiger partial charge in [0, 0.05) is 53.0 Å². The summed E-state index contributed by atoms with van der Waals surface area (Å²) in [5, 5.41) is 1.86. The van der Waals surface area contributed by atoms with Gasteiger partial charge in [-0.15, -0.1) is 11.3 Å². The number of nitrogens with zero attached hydrogens (tertiary/aromatic N) is 3. The van der Waals surface area contributed by atoms with Crippen LogP contribution in [0.3, 0.4) is 0 Å². The lowest BCUT2D eigenvalue weighted by Gasteiger charge is -2.11. The van der Waals surface area contributed by atoms with Crippen molar-refractivity contribution in [2.45, 2.75) is 0 Å². The van der Waals surface area contributed by atoms with Crippen molar-refractivity contribution in [3.63, 3.8) is 0 Å². The van der Waals surface area contributed by atoms with Crippen LogP contribution in [0.1, 0.15) is 12.3 Å². The summed E-state index contributed by atoms with van der Waals surface area (Å²) in [5.41, 5.74) is 3.08. The quantitative estimate of drug-likeness (QED) is 0.192. The summed E-state index contributed by atoms with van der Waals surface area (Å²) < 4.78 is 87.2. The zero-order valence-electron chi connectivity index (χ0n) is 33.9. The Morgan fingerprint density at radius 1 is 0.479 bits per heavy atom. The van der Waals surface area contributed by atoms with Gasteiger partial charge in [-0.3, -0.25) is 0 Å². The van der Waals surface area contributed by atoms with Crippen molar-refractivity contribution < 1.29 is 16.8 Å². The molecule has 7 aromatic carbocycles. The predicted octanol–water partition coefficient (Wildman–Crippen LogP) is 12.0. The Morgan fingerprint density at radius 3 is 1.81 bits per heavy atom. The fourth-order valence-electron chi connectivity index (χ4n) is 6.20. The Hall–Kier alpha value is -6.17. The summed E-state index contributed by atoms with van der Waals surface area (Å²) in [6.07, 6.45) is 0. The minimum absolute atomic E-state index is 0.0469. The van der Waals surface area contributed by atoms with E-state index < -0.39 is 48.3 Å². The Kier molecular flexibility index (Phi) is 4.34. The molecule has 5 heteroatoms. The summed E-state index contributed by atoms with van der Waals surface area (Å²) >= 11 is 1.64. The lowest BCUT2D eigenvalue weighted by Crippen LogP contribution is -2.00. The Labute approximate surface area is 292 Å². The van der Waals surface area contributed by atoms with Crippen molar-refractivity contribution in [2.24, 2.45) is 0 Å². The zero-order chi connectivity index (χ0) is 39.4. The number of hydrogen-bond acceptors (Lipinski definition) is 5. The highest BCUT2D eigenvalue weighted by Gasteiger charge is 2.19. The zero-order valence-corrected chi connectivity index (χ0v) is 25.7. The predicted molar refractivity (Wildman–Crippen MR) is 199 cm³/mol. The molecule has 0 saturated heterocycles. The molecule has 0 amide bonds. The molecule has 3 heterocycles. The van der Waals surface area contributed by atoms with Gasteiger partial charge < -0.3 is 4.42 Å². The average molecular weight is 641 g/mol. The van der Waals surface area contributed by atoms with E-state index in [2.05, 4.69) is 30.3 Å². The molecule has 10 aromatic rings. The van der Waals surface area contributed by atoms with Crippen LogP contribution in [0.2, 0.25) is 0 Å². The van der Waals surface area contributed by atoms with Crippen LogP contribution < -0.4 is 0 Å². The minimum Gasteiger partial charge on any atom is -0.455 e. The SMILES string of the molecule is [2H]c1c([2H])c([2H])c2c(oc3c4c([2H])c([2H])c([2H])c([2H])c4c(-c4nc(-c5ccccc5)nc(-c5ccc6c(c5)sc5cc(-c7ccccc7)ccc56)n4)c([2H])c32)c1[2H]. The summed E-state index contributed by atoms with van der Waals surface area (Å²) in [6, 6.07) is 27.4. The standard InChI is InChI=1S/C43H25N3OS/c1-3-11-26(12-4-1)28-19-21-32-33-22-20-29(24-39(33)48-38(32)23-28)42-44-41(27-13-5-2-6-14-27)45-43(46-42)36-25-35-31-16-9-10-18-37(31)47-40(35)34-17-8-7-15-30(34)36/h1-25H/i7D,8D,9D,10D,15D,16D,17D,18D,25D. The molecule has 3 aromatic heterocycles. The third-order valence-corrected chi connectivity index (χ3v) is 9.59. The molecule has 0 spiro atoms.